The number of oxazole rings is 1. The van der Waals surface area contributed by atoms with Crippen molar-refractivity contribution in [3.8, 4) is 0 Å². The number of H-pyrrole nitrogens is 1. The van der Waals surface area contributed by atoms with Crippen molar-refractivity contribution in [2.75, 3.05) is 0 Å². The van der Waals surface area contributed by atoms with Gasteiger partial charge in [0.05, 0.1) is 11.7 Å². The van der Waals surface area contributed by atoms with Gasteiger partial charge < -0.3 is 14.7 Å². The zero-order valence-electron chi connectivity index (χ0n) is 15.7. The molecule has 0 saturated heterocycles. The van der Waals surface area contributed by atoms with Crippen molar-refractivity contribution in [1.29, 1.82) is 0 Å². The number of nitrogens with one attached hydrogen (secondary N) is 2. The third kappa shape index (κ3) is 2.65. The third-order valence-electron chi connectivity index (χ3n) is 5.70. The van der Waals surface area contributed by atoms with Crippen LogP contribution in [0, 0.1) is 12.8 Å². The second-order valence-corrected chi connectivity index (χ2v) is 7.39. The van der Waals surface area contributed by atoms with Crippen molar-refractivity contribution >= 4 is 22.7 Å². The summed E-state index contributed by atoms with van der Waals surface area (Å²) in [6, 6.07) is 2.06. The number of carbonyl (C=O) groups excluding carboxylic acids is 1. The Bertz CT molecular complexity index is 1160. The van der Waals surface area contributed by atoms with Gasteiger partial charge in [0, 0.05) is 25.1 Å². The summed E-state index contributed by atoms with van der Waals surface area (Å²) < 4.78 is 7.23. The van der Waals surface area contributed by atoms with Gasteiger partial charge in [0.15, 0.2) is 22.9 Å². The maximum absolute atomic E-state index is 12.5. The molecule has 5 rings (SSSR count). The van der Waals surface area contributed by atoms with Crippen LogP contribution in [0.2, 0.25) is 0 Å². The second kappa shape index (κ2) is 6.43. The summed E-state index contributed by atoms with van der Waals surface area (Å²) in [4.78, 5) is 24.1. The molecular weight excluding hydrogens is 358 g/mol. The first-order valence-corrected chi connectivity index (χ1v) is 9.54. The quantitative estimate of drug-likeness (QED) is 0.563. The van der Waals surface area contributed by atoms with E-state index >= 15 is 0 Å². The highest BCUT2D eigenvalue weighted by molar-refractivity contribution is 5.92. The molecule has 1 amide bonds. The lowest BCUT2D eigenvalue weighted by molar-refractivity contribution is 0.0932. The molecule has 0 unspecified atom stereocenters. The number of aromatic amines is 1. The summed E-state index contributed by atoms with van der Waals surface area (Å²) >= 11 is 0. The summed E-state index contributed by atoms with van der Waals surface area (Å²) in [6.45, 7) is 3.90. The molecule has 2 N–H and O–H groups in total. The molecule has 144 valence electrons. The summed E-state index contributed by atoms with van der Waals surface area (Å²) in [5.74, 6) is 1.85. The Morgan fingerprint density at radius 1 is 1.39 bits per heavy atom. The van der Waals surface area contributed by atoms with Crippen molar-refractivity contribution in [3.05, 3.63) is 42.1 Å². The predicted molar refractivity (Wildman–Crippen MR) is 101 cm³/mol. The topological polar surface area (TPSA) is 114 Å². The lowest BCUT2D eigenvalue weighted by Crippen LogP contribution is -2.33. The van der Waals surface area contributed by atoms with E-state index in [-0.39, 0.29) is 17.9 Å². The molecule has 9 nitrogen and oxygen atoms in total. The molecule has 0 aliphatic heterocycles. The van der Waals surface area contributed by atoms with Crippen LogP contribution in [0.25, 0.3) is 16.8 Å². The number of nitrogens with zero attached hydrogens (tertiary/aromatic N) is 5. The number of rotatable bonds is 4. The van der Waals surface area contributed by atoms with Crippen molar-refractivity contribution < 1.29 is 9.21 Å². The zero-order chi connectivity index (χ0) is 19.3. The highest BCUT2D eigenvalue weighted by Crippen LogP contribution is 2.41. The average Bonchev–Trinajstić information content (AvgIpc) is 3.45. The van der Waals surface area contributed by atoms with Gasteiger partial charge in [-0.15, -0.1) is 10.2 Å². The smallest absolute Gasteiger partial charge is 0.273 e. The highest BCUT2D eigenvalue weighted by atomic mass is 16.3. The molecule has 0 spiro atoms. The molecule has 28 heavy (non-hydrogen) atoms. The van der Waals surface area contributed by atoms with Crippen molar-refractivity contribution in [2.45, 2.75) is 45.1 Å². The molecule has 1 aliphatic rings. The molecule has 4 aromatic heterocycles. The van der Waals surface area contributed by atoms with Crippen molar-refractivity contribution in [3.63, 3.8) is 0 Å². The van der Waals surface area contributed by atoms with Gasteiger partial charge >= 0.3 is 0 Å². The number of aromatic nitrogens is 6. The van der Waals surface area contributed by atoms with Crippen LogP contribution in [0.4, 0.5) is 0 Å². The molecule has 0 aromatic carbocycles. The SMILES string of the molecule is CC[C@@H]1C[C@H](NC(=O)c2coc(C)n2)C[C@@H]1c1nnc2cnc3[nH]ccc3n12. The van der Waals surface area contributed by atoms with Gasteiger partial charge in [-0.1, -0.05) is 13.3 Å². The molecule has 4 heterocycles. The minimum atomic E-state index is -0.194. The van der Waals surface area contributed by atoms with E-state index in [0.717, 1.165) is 41.9 Å². The Balaban J connectivity index is 1.44. The molecule has 3 atom stereocenters. The lowest BCUT2D eigenvalue weighted by atomic mass is 9.93. The van der Waals surface area contributed by atoms with E-state index in [9.17, 15) is 4.79 Å². The summed E-state index contributed by atoms with van der Waals surface area (Å²) in [7, 11) is 0. The van der Waals surface area contributed by atoms with Crippen LogP contribution in [-0.4, -0.2) is 41.5 Å². The van der Waals surface area contributed by atoms with Gasteiger partial charge in [0.2, 0.25) is 0 Å². The van der Waals surface area contributed by atoms with Crippen LogP contribution >= 0.6 is 0 Å². The Kier molecular flexibility index (Phi) is 3.88. The highest BCUT2D eigenvalue weighted by Gasteiger charge is 2.38. The van der Waals surface area contributed by atoms with Gasteiger partial charge in [0.25, 0.3) is 5.91 Å². The minimum absolute atomic E-state index is 0.0651. The average molecular weight is 379 g/mol. The van der Waals surface area contributed by atoms with E-state index in [0.29, 0.717) is 17.5 Å². The van der Waals surface area contributed by atoms with Crippen LogP contribution in [0.15, 0.2) is 29.1 Å². The molecule has 1 saturated carbocycles. The number of fused-ring (bicyclic) bond motifs is 3. The molecule has 0 radical (unpaired) electrons. The van der Waals surface area contributed by atoms with E-state index in [1.54, 1.807) is 13.1 Å². The molecule has 1 aliphatic carbocycles. The summed E-state index contributed by atoms with van der Waals surface area (Å²) in [6.07, 6.45) is 7.73. The van der Waals surface area contributed by atoms with Gasteiger partial charge in [-0.2, -0.15) is 0 Å². The number of hydrogen-bond acceptors (Lipinski definition) is 6. The molecule has 0 bridgehead atoms. The molecule has 9 heteroatoms. The van der Waals surface area contributed by atoms with E-state index in [1.165, 1.54) is 6.26 Å². The fourth-order valence-electron chi connectivity index (χ4n) is 4.38. The first-order valence-electron chi connectivity index (χ1n) is 9.54. The minimum Gasteiger partial charge on any atom is -0.448 e. The summed E-state index contributed by atoms with van der Waals surface area (Å²) in [5.41, 5.74) is 2.84. The maximum atomic E-state index is 12.5. The van der Waals surface area contributed by atoms with E-state index in [2.05, 4.69) is 41.8 Å². The predicted octanol–water partition coefficient (Wildman–Crippen LogP) is 2.60. The van der Waals surface area contributed by atoms with Crippen molar-refractivity contribution in [2.24, 2.45) is 5.92 Å². The fourth-order valence-corrected chi connectivity index (χ4v) is 4.38. The second-order valence-electron chi connectivity index (χ2n) is 7.39. The Morgan fingerprint density at radius 2 is 2.29 bits per heavy atom. The Labute approximate surface area is 160 Å². The van der Waals surface area contributed by atoms with Gasteiger partial charge in [-0.25, -0.2) is 9.97 Å². The standard InChI is InChI=1S/C19H21N7O2/c1-3-11-6-12(23-19(27)14-9-28-10(2)22-14)7-13(11)18-25-24-16-8-21-17-15(26(16)18)4-5-20-17/h4-5,8-9,11-13,20H,3,6-7H2,1-2H3,(H,23,27)/t11-,12+,13+/m1/s1. The first-order chi connectivity index (χ1) is 13.6. The number of aryl methyl sites for hydroxylation is 1. The Morgan fingerprint density at radius 3 is 3.07 bits per heavy atom. The van der Waals surface area contributed by atoms with Crippen LogP contribution in [0.3, 0.4) is 0 Å². The molecule has 4 aromatic rings. The van der Waals surface area contributed by atoms with E-state index in [4.69, 9.17) is 4.42 Å². The van der Waals surface area contributed by atoms with Crippen LogP contribution in [0.5, 0.6) is 0 Å². The van der Waals surface area contributed by atoms with Gasteiger partial charge in [0.1, 0.15) is 12.1 Å². The van der Waals surface area contributed by atoms with Crippen LogP contribution in [-0.2, 0) is 0 Å². The van der Waals surface area contributed by atoms with E-state index in [1.807, 2.05) is 12.3 Å². The van der Waals surface area contributed by atoms with Crippen LogP contribution in [0.1, 0.15) is 54.3 Å². The lowest BCUT2D eigenvalue weighted by Gasteiger charge is -2.15. The number of amides is 1. The number of carbonyl (C=O) groups is 1. The third-order valence-corrected chi connectivity index (χ3v) is 5.70. The van der Waals surface area contributed by atoms with Crippen molar-refractivity contribution in [1.82, 2.24) is 34.9 Å². The first kappa shape index (κ1) is 16.9. The monoisotopic (exact) mass is 379 g/mol. The van der Waals surface area contributed by atoms with Crippen LogP contribution < -0.4 is 5.32 Å². The molecular formula is C19H21N7O2. The van der Waals surface area contributed by atoms with Gasteiger partial charge in [-0.05, 0) is 24.8 Å². The number of hydrogen-bond donors (Lipinski definition) is 2. The maximum Gasteiger partial charge on any atom is 0.273 e. The molecule has 1 fully saturated rings. The summed E-state index contributed by atoms with van der Waals surface area (Å²) in [5, 5.41) is 11.9. The largest absolute Gasteiger partial charge is 0.448 e. The zero-order valence-corrected chi connectivity index (χ0v) is 15.7. The van der Waals surface area contributed by atoms with Gasteiger partial charge in [-0.3, -0.25) is 9.20 Å². The normalized spacial score (nSPS) is 22.3. The fraction of sp³-hybridized carbons (Fsp3) is 0.421. The van der Waals surface area contributed by atoms with E-state index < -0.39 is 0 Å². The Hall–Kier alpha value is -3.23.